The number of esters is 1. The topological polar surface area (TPSA) is 85.9 Å². The third kappa shape index (κ3) is 6.19. The molecule has 1 heterocycles. The second-order valence-corrected chi connectivity index (χ2v) is 6.66. The Labute approximate surface area is 132 Å². The van der Waals surface area contributed by atoms with Crippen LogP contribution in [-0.4, -0.2) is 55.6 Å². The molecule has 1 saturated heterocycles. The van der Waals surface area contributed by atoms with Gasteiger partial charge in [0.2, 0.25) is 0 Å². The highest BCUT2D eigenvalue weighted by Crippen LogP contribution is 2.17. The van der Waals surface area contributed by atoms with Gasteiger partial charge in [0.15, 0.2) is 0 Å². The molecule has 1 rings (SSSR count). The average molecular weight is 316 g/mol. The Kier molecular flexibility index (Phi) is 6.62. The first-order chi connectivity index (χ1) is 10.2. The number of hydrogen-bond acceptors (Lipinski definition) is 6. The number of amides is 1. The van der Waals surface area contributed by atoms with Crippen LogP contribution in [0.25, 0.3) is 0 Å². The molecule has 1 fully saturated rings. The Morgan fingerprint density at radius 3 is 2.41 bits per heavy atom. The van der Waals surface area contributed by atoms with Crippen LogP contribution in [0, 0.1) is 0 Å². The van der Waals surface area contributed by atoms with Crippen LogP contribution < -0.4 is 10.6 Å². The van der Waals surface area contributed by atoms with E-state index < -0.39 is 23.3 Å². The van der Waals surface area contributed by atoms with Crippen LogP contribution in [0.4, 0.5) is 4.79 Å². The fourth-order valence-electron chi connectivity index (χ4n) is 1.99. The lowest BCUT2D eigenvalue weighted by molar-refractivity contribution is -0.149. The van der Waals surface area contributed by atoms with Crippen LogP contribution in [0.5, 0.6) is 0 Å². The van der Waals surface area contributed by atoms with Gasteiger partial charge in [-0.05, 0) is 34.1 Å². The number of hydrogen-bond donors (Lipinski definition) is 2. The Balaban J connectivity index is 2.44. The SMILES string of the molecule is CCCOC(=O)[C@H](C)NC1(CNC(=O)OC(C)(C)C)COC1. The van der Waals surface area contributed by atoms with E-state index in [9.17, 15) is 9.59 Å². The summed E-state index contributed by atoms with van der Waals surface area (Å²) in [7, 11) is 0. The van der Waals surface area contributed by atoms with E-state index in [1.54, 1.807) is 27.7 Å². The van der Waals surface area contributed by atoms with E-state index in [1.165, 1.54) is 0 Å². The summed E-state index contributed by atoms with van der Waals surface area (Å²) in [4.78, 5) is 23.5. The third-order valence-corrected chi connectivity index (χ3v) is 3.05. The molecule has 0 bridgehead atoms. The van der Waals surface area contributed by atoms with Gasteiger partial charge in [-0.1, -0.05) is 6.92 Å². The summed E-state index contributed by atoms with van der Waals surface area (Å²) in [6.45, 7) is 10.7. The summed E-state index contributed by atoms with van der Waals surface area (Å²) in [6, 6.07) is -0.462. The molecule has 0 spiro atoms. The van der Waals surface area contributed by atoms with Gasteiger partial charge in [0, 0.05) is 6.54 Å². The first-order valence-corrected chi connectivity index (χ1v) is 7.66. The zero-order chi connectivity index (χ0) is 16.8. The monoisotopic (exact) mass is 316 g/mol. The number of carbonyl (C=O) groups is 2. The highest BCUT2D eigenvalue weighted by molar-refractivity contribution is 5.75. The quantitative estimate of drug-likeness (QED) is 0.687. The fraction of sp³-hybridized carbons (Fsp3) is 0.867. The van der Waals surface area contributed by atoms with E-state index in [4.69, 9.17) is 14.2 Å². The van der Waals surface area contributed by atoms with E-state index >= 15 is 0 Å². The Morgan fingerprint density at radius 1 is 1.32 bits per heavy atom. The van der Waals surface area contributed by atoms with Gasteiger partial charge in [0.25, 0.3) is 0 Å². The molecule has 0 aromatic carbocycles. The Bertz CT molecular complexity index is 388. The third-order valence-electron chi connectivity index (χ3n) is 3.05. The van der Waals surface area contributed by atoms with Crippen LogP contribution in [0.3, 0.4) is 0 Å². The van der Waals surface area contributed by atoms with Crippen LogP contribution in [-0.2, 0) is 19.0 Å². The molecule has 0 saturated carbocycles. The molecule has 0 unspecified atom stereocenters. The van der Waals surface area contributed by atoms with Crippen molar-refractivity contribution in [1.29, 1.82) is 0 Å². The van der Waals surface area contributed by atoms with Crippen molar-refractivity contribution in [2.45, 2.75) is 58.2 Å². The lowest BCUT2D eigenvalue weighted by Gasteiger charge is -2.43. The minimum absolute atomic E-state index is 0.301. The molecule has 1 atom stereocenters. The van der Waals surface area contributed by atoms with Gasteiger partial charge in [-0.3, -0.25) is 10.1 Å². The summed E-state index contributed by atoms with van der Waals surface area (Å²) >= 11 is 0. The zero-order valence-corrected chi connectivity index (χ0v) is 14.2. The number of ether oxygens (including phenoxy) is 3. The normalized spacial score (nSPS) is 18.0. The van der Waals surface area contributed by atoms with Gasteiger partial charge in [-0.25, -0.2) is 4.79 Å². The number of rotatable bonds is 7. The number of alkyl carbamates (subject to hydrolysis) is 1. The molecule has 0 aromatic rings. The van der Waals surface area contributed by atoms with Crippen molar-refractivity contribution >= 4 is 12.1 Å². The highest BCUT2D eigenvalue weighted by atomic mass is 16.6. The van der Waals surface area contributed by atoms with Gasteiger partial charge in [0.05, 0.1) is 25.4 Å². The molecular formula is C15H28N2O5. The van der Waals surface area contributed by atoms with Crippen LogP contribution in [0.1, 0.15) is 41.0 Å². The first-order valence-electron chi connectivity index (χ1n) is 7.66. The van der Waals surface area contributed by atoms with Crippen molar-refractivity contribution in [3.63, 3.8) is 0 Å². The molecule has 7 heteroatoms. The largest absolute Gasteiger partial charge is 0.465 e. The molecule has 1 aliphatic rings. The molecule has 0 radical (unpaired) electrons. The molecule has 2 N–H and O–H groups in total. The van der Waals surface area contributed by atoms with E-state index in [0.29, 0.717) is 26.4 Å². The molecule has 22 heavy (non-hydrogen) atoms. The van der Waals surface area contributed by atoms with Crippen molar-refractivity contribution in [2.24, 2.45) is 0 Å². The Hall–Kier alpha value is -1.34. The number of nitrogens with one attached hydrogen (secondary N) is 2. The predicted molar refractivity (Wildman–Crippen MR) is 81.6 cm³/mol. The molecule has 7 nitrogen and oxygen atoms in total. The van der Waals surface area contributed by atoms with Gasteiger partial charge < -0.3 is 19.5 Å². The standard InChI is InChI=1S/C15H28N2O5/c1-6-7-21-12(18)11(2)17-15(9-20-10-15)8-16-13(19)22-14(3,4)5/h11,17H,6-10H2,1-5H3,(H,16,19)/t11-/m0/s1. The van der Waals surface area contributed by atoms with Crippen molar-refractivity contribution < 1.29 is 23.8 Å². The second-order valence-electron chi connectivity index (χ2n) is 6.66. The molecular weight excluding hydrogens is 288 g/mol. The van der Waals surface area contributed by atoms with Gasteiger partial charge in [-0.15, -0.1) is 0 Å². The predicted octanol–water partition coefficient (Wildman–Crippen LogP) is 1.21. The average Bonchev–Trinajstić information content (AvgIpc) is 2.36. The van der Waals surface area contributed by atoms with E-state index in [0.717, 1.165) is 6.42 Å². The molecule has 1 aliphatic heterocycles. The number of carbonyl (C=O) groups excluding carboxylic acids is 2. The van der Waals surface area contributed by atoms with Gasteiger partial charge >= 0.3 is 12.1 Å². The van der Waals surface area contributed by atoms with Crippen molar-refractivity contribution in [2.75, 3.05) is 26.4 Å². The maximum Gasteiger partial charge on any atom is 0.407 e. The van der Waals surface area contributed by atoms with E-state index in [-0.39, 0.29) is 5.97 Å². The lowest BCUT2D eigenvalue weighted by Crippen LogP contribution is -2.68. The molecule has 128 valence electrons. The summed E-state index contributed by atoms with van der Waals surface area (Å²) < 4.78 is 15.5. The van der Waals surface area contributed by atoms with Crippen LogP contribution in [0.2, 0.25) is 0 Å². The van der Waals surface area contributed by atoms with Crippen molar-refractivity contribution in [1.82, 2.24) is 10.6 Å². The lowest BCUT2D eigenvalue weighted by atomic mass is 9.96. The van der Waals surface area contributed by atoms with E-state index in [1.807, 2.05) is 6.92 Å². The molecule has 0 aliphatic carbocycles. The Morgan fingerprint density at radius 2 is 1.95 bits per heavy atom. The van der Waals surface area contributed by atoms with Crippen molar-refractivity contribution in [3.8, 4) is 0 Å². The first kappa shape index (κ1) is 18.7. The van der Waals surface area contributed by atoms with E-state index in [2.05, 4.69) is 10.6 Å². The van der Waals surface area contributed by atoms with Gasteiger partial charge in [0.1, 0.15) is 11.6 Å². The van der Waals surface area contributed by atoms with Crippen molar-refractivity contribution in [3.05, 3.63) is 0 Å². The summed E-state index contributed by atoms with van der Waals surface area (Å²) in [5.74, 6) is -0.301. The van der Waals surface area contributed by atoms with Gasteiger partial charge in [-0.2, -0.15) is 0 Å². The minimum Gasteiger partial charge on any atom is -0.465 e. The van der Waals surface area contributed by atoms with Crippen LogP contribution in [0.15, 0.2) is 0 Å². The van der Waals surface area contributed by atoms with Crippen LogP contribution >= 0.6 is 0 Å². The minimum atomic E-state index is -0.544. The maximum atomic E-state index is 11.8. The second kappa shape index (κ2) is 7.78. The summed E-state index contributed by atoms with van der Waals surface area (Å²) in [6.07, 6.45) is 0.300. The maximum absolute atomic E-state index is 11.8. The molecule has 1 amide bonds. The highest BCUT2D eigenvalue weighted by Gasteiger charge is 2.41. The molecule has 0 aromatic heterocycles. The smallest absolute Gasteiger partial charge is 0.407 e. The zero-order valence-electron chi connectivity index (χ0n) is 14.2. The summed E-state index contributed by atoms with van der Waals surface area (Å²) in [5.41, 5.74) is -1.00. The fourth-order valence-corrected chi connectivity index (χ4v) is 1.99. The summed E-state index contributed by atoms with van der Waals surface area (Å²) in [5, 5.41) is 5.90.